The first-order chi connectivity index (χ1) is 8.39. The van der Waals surface area contributed by atoms with Crippen LogP contribution in [-0.2, 0) is 25.1 Å². The summed E-state index contributed by atoms with van der Waals surface area (Å²) < 4.78 is 51.1. The van der Waals surface area contributed by atoms with Crippen molar-refractivity contribution >= 4 is 27.2 Å². The maximum atomic E-state index is 11.0. The molecule has 0 radical (unpaired) electrons. The van der Waals surface area contributed by atoms with Gasteiger partial charge in [0.25, 0.3) is 10.1 Å². The average molecular weight is 294 g/mol. The molecule has 0 amide bonds. The second-order valence-corrected chi connectivity index (χ2v) is 5.78. The summed E-state index contributed by atoms with van der Waals surface area (Å²) in [5, 5.41) is 0. The van der Waals surface area contributed by atoms with Gasteiger partial charge in [0, 0.05) is 5.69 Å². The summed E-state index contributed by atoms with van der Waals surface area (Å²) in [5.74, 6) is 0.116. The molecule has 9 heteroatoms. The van der Waals surface area contributed by atoms with E-state index in [0.29, 0.717) is 11.4 Å². The zero-order valence-corrected chi connectivity index (χ0v) is 10.9. The third-order valence-corrected chi connectivity index (χ3v) is 3.91. The van der Waals surface area contributed by atoms with Crippen LogP contribution in [0.25, 0.3) is 0 Å². The van der Waals surface area contributed by atoms with Gasteiger partial charge in [-0.2, -0.15) is 12.0 Å². The maximum absolute atomic E-state index is 11.0. The SMILES string of the molecule is Nc1ccc(OCCCS(=O)(=O)OS(=O)[O-])cc1. The van der Waals surface area contributed by atoms with Crippen molar-refractivity contribution in [2.45, 2.75) is 6.42 Å². The number of nitrogens with two attached hydrogens (primary N) is 1. The maximum Gasteiger partial charge on any atom is 0.279 e. The van der Waals surface area contributed by atoms with E-state index in [1.807, 2.05) is 0 Å². The lowest BCUT2D eigenvalue weighted by molar-refractivity contribution is 0.316. The molecule has 0 spiro atoms. The van der Waals surface area contributed by atoms with Crippen LogP contribution < -0.4 is 10.5 Å². The highest BCUT2D eigenvalue weighted by atomic mass is 32.3. The van der Waals surface area contributed by atoms with E-state index in [4.69, 9.17) is 10.5 Å². The van der Waals surface area contributed by atoms with Gasteiger partial charge >= 0.3 is 0 Å². The molecule has 2 N–H and O–H groups in total. The van der Waals surface area contributed by atoms with E-state index in [9.17, 15) is 17.2 Å². The fraction of sp³-hybridized carbons (Fsp3) is 0.333. The van der Waals surface area contributed by atoms with Gasteiger partial charge < -0.3 is 15.0 Å². The minimum absolute atomic E-state index is 0.115. The summed E-state index contributed by atoms with van der Waals surface area (Å²) in [4.78, 5) is 0. The minimum Gasteiger partial charge on any atom is -0.749 e. The highest BCUT2D eigenvalue weighted by molar-refractivity contribution is 7.95. The van der Waals surface area contributed by atoms with E-state index in [1.165, 1.54) is 0 Å². The van der Waals surface area contributed by atoms with Crippen LogP contribution in [0.15, 0.2) is 24.3 Å². The van der Waals surface area contributed by atoms with Crippen molar-refractivity contribution in [3.63, 3.8) is 0 Å². The van der Waals surface area contributed by atoms with E-state index in [-0.39, 0.29) is 13.0 Å². The largest absolute Gasteiger partial charge is 0.749 e. The van der Waals surface area contributed by atoms with Crippen LogP contribution in [0, 0.1) is 0 Å². The molecule has 18 heavy (non-hydrogen) atoms. The minimum atomic E-state index is -4.05. The average Bonchev–Trinajstić information content (AvgIpc) is 2.25. The molecule has 0 saturated heterocycles. The molecule has 0 aliphatic heterocycles. The van der Waals surface area contributed by atoms with Crippen LogP contribution in [0.5, 0.6) is 5.75 Å². The zero-order chi connectivity index (χ0) is 13.6. The number of ether oxygens (including phenoxy) is 1. The van der Waals surface area contributed by atoms with Crippen LogP contribution in [0.2, 0.25) is 0 Å². The second-order valence-electron chi connectivity index (χ2n) is 3.31. The number of benzene rings is 1. The predicted molar refractivity (Wildman–Crippen MR) is 64.8 cm³/mol. The number of rotatable bonds is 7. The quantitative estimate of drug-likeness (QED) is 0.432. The van der Waals surface area contributed by atoms with Crippen LogP contribution >= 0.6 is 0 Å². The summed E-state index contributed by atoms with van der Waals surface area (Å²) in [6, 6.07) is 6.59. The first-order valence-corrected chi connectivity index (χ1v) is 7.47. The van der Waals surface area contributed by atoms with E-state index >= 15 is 0 Å². The van der Waals surface area contributed by atoms with Gasteiger partial charge in [0.1, 0.15) is 17.1 Å². The lowest BCUT2D eigenvalue weighted by Crippen LogP contribution is -2.14. The van der Waals surface area contributed by atoms with E-state index in [2.05, 4.69) is 3.63 Å². The summed E-state index contributed by atoms with van der Waals surface area (Å²) in [7, 11) is -4.05. The molecule has 0 aromatic heterocycles. The predicted octanol–water partition coefficient (Wildman–Crippen LogP) is 0.178. The fourth-order valence-electron chi connectivity index (χ4n) is 1.11. The molecule has 7 nitrogen and oxygen atoms in total. The molecule has 1 rings (SSSR count). The van der Waals surface area contributed by atoms with Crippen molar-refractivity contribution < 1.29 is 25.5 Å². The smallest absolute Gasteiger partial charge is 0.279 e. The Kier molecular flexibility index (Phi) is 5.54. The van der Waals surface area contributed by atoms with E-state index in [0.717, 1.165) is 0 Å². The fourth-order valence-corrected chi connectivity index (χ4v) is 2.53. The van der Waals surface area contributed by atoms with Gasteiger partial charge in [0.15, 0.2) is 0 Å². The summed E-state index contributed by atoms with van der Waals surface area (Å²) >= 11 is -3.07. The molecule has 1 aromatic rings. The Morgan fingerprint density at radius 2 is 1.89 bits per heavy atom. The molecular weight excluding hydrogens is 282 g/mol. The Morgan fingerprint density at radius 1 is 1.28 bits per heavy atom. The number of hydrogen-bond donors (Lipinski definition) is 1. The van der Waals surface area contributed by atoms with E-state index < -0.39 is 27.2 Å². The van der Waals surface area contributed by atoms with Gasteiger partial charge in [0.2, 0.25) is 0 Å². The zero-order valence-electron chi connectivity index (χ0n) is 9.27. The van der Waals surface area contributed by atoms with E-state index in [1.54, 1.807) is 24.3 Å². The van der Waals surface area contributed by atoms with Crippen LogP contribution in [0.1, 0.15) is 6.42 Å². The van der Waals surface area contributed by atoms with Gasteiger partial charge in [-0.1, -0.05) is 0 Å². The van der Waals surface area contributed by atoms with Crippen molar-refractivity contribution in [1.82, 2.24) is 0 Å². The lowest BCUT2D eigenvalue weighted by Gasteiger charge is -2.08. The molecule has 0 heterocycles. The molecule has 102 valence electrons. The van der Waals surface area contributed by atoms with Crippen molar-refractivity contribution in [3.8, 4) is 5.75 Å². The van der Waals surface area contributed by atoms with Crippen molar-refractivity contribution in [2.24, 2.45) is 0 Å². The number of nitrogen functional groups attached to an aromatic ring is 1. The third kappa shape index (κ3) is 5.96. The first-order valence-electron chi connectivity index (χ1n) is 4.89. The molecule has 0 fully saturated rings. The Labute approximate surface area is 108 Å². The van der Waals surface area contributed by atoms with Gasteiger partial charge in [-0.25, -0.2) is 4.21 Å². The molecule has 1 atom stereocenters. The topological polar surface area (TPSA) is 119 Å². The Bertz CT molecular complexity index is 498. The Balaban J connectivity index is 2.31. The molecule has 1 unspecified atom stereocenters. The summed E-state index contributed by atoms with van der Waals surface area (Å²) in [6.07, 6.45) is 0.115. The van der Waals surface area contributed by atoms with Gasteiger partial charge in [0.05, 0.1) is 12.4 Å². The summed E-state index contributed by atoms with van der Waals surface area (Å²) in [6.45, 7) is 0.123. The van der Waals surface area contributed by atoms with Crippen molar-refractivity contribution in [3.05, 3.63) is 24.3 Å². The first kappa shape index (κ1) is 14.9. The number of hydrogen-bond acceptors (Lipinski definition) is 7. The van der Waals surface area contributed by atoms with Gasteiger partial charge in [-0.05, 0) is 30.7 Å². The van der Waals surface area contributed by atoms with Crippen molar-refractivity contribution in [2.75, 3.05) is 18.1 Å². The normalized spacial score (nSPS) is 13.2. The highest BCUT2D eigenvalue weighted by Gasteiger charge is 2.11. The monoisotopic (exact) mass is 294 g/mol. The molecule has 0 aliphatic carbocycles. The van der Waals surface area contributed by atoms with Gasteiger partial charge in [-0.15, -0.1) is 0 Å². The standard InChI is InChI=1S/C9H13NO6S2/c10-8-2-4-9(5-3-8)15-6-1-7-18(13,14)16-17(11)12/h2-5H,1,6-7,10H2,(H,11,12)/p-1. The van der Waals surface area contributed by atoms with Gasteiger partial charge in [-0.3, -0.25) is 0 Å². The molecule has 0 aliphatic rings. The van der Waals surface area contributed by atoms with Crippen LogP contribution in [0.4, 0.5) is 5.69 Å². The molecule has 0 bridgehead atoms. The van der Waals surface area contributed by atoms with Crippen LogP contribution in [0.3, 0.4) is 0 Å². The van der Waals surface area contributed by atoms with Crippen LogP contribution in [-0.4, -0.2) is 29.5 Å². The Hall–Kier alpha value is -1.16. The number of anilines is 1. The Morgan fingerprint density at radius 3 is 2.44 bits per heavy atom. The third-order valence-electron chi connectivity index (χ3n) is 1.85. The highest BCUT2D eigenvalue weighted by Crippen LogP contribution is 2.13. The lowest BCUT2D eigenvalue weighted by atomic mass is 10.3. The molecule has 1 aromatic carbocycles. The van der Waals surface area contributed by atoms with Crippen molar-refractivity contribution in [1.29, 1.82) is 0 Å². The molecular formula is C9H12NO6S2-. The molecule has 0 saturated carbocycles. The summed E-state index contributed by atoms with van der Waals surface area (Å²) in [5.41, 5.74) is 6.07. The second kappa shape index (κ2) is 6.69.